The third-order valence-corrected chi connectivity index (χ3v) is 5.08. The molecule has 0 fully saturated rings. The van der Waals surface area contributed by atoms with Gasteiger partial charge in [-0.05, 0) is 44.8 Å². The molecule has 28 heavy (non-hydrogen) atoms. The zero-order valence-electron chi connectivity index (χ0n) is 16.9. The molecule has 3 heterocycles. The first-order valence-corrected chi connectivity index (χ1v) is 9.54. The van der Waals surface area contributed by atoms with E-state index in [1.54, 1.807) is 23.5 Å². The third-order valence-electron chi connectivity index (χ3n) is 5.08. The van der Waals surface area contributed by atoms with Gasteiger partial charge in [0.15, 0.2) is 0 Å². The van der Waals surface area contributed by atoms with Crippen molar-refractivity contribution in [2.24, 2.45) is 5.92 Å². The molecule has 0 aromatic carbocycles. The van der Waals surface area contributed by atoms with Gasteiger partial charge in [0.2, 0.25) is 5.88 Å². The van der Waals surface area contributed by atoms with Gasteiger partial charge < -0.3 is 19.6 Å². The second-order valence-electron chi connectivity index (χ2n) is 7.70. The molecular weight excluding hydrogens is 356 g/mol. The molecule has 7 heteroatoms. The topological polar surface area (TPSA) is 78.8 Å². The standard InChI is InChI=1S/C21H28N4O3/c1-14-11-25(15(2)13-26)21(27)18-9-17(16-5-7-22-8-6-16)10-23-20(18)28-19(14)12-24(3)4/h5-10,14-15,19,26H,11-13H2,1-4H3/t14-,15+,19-/m0/s1. The summed E-state index contributed by atoms with van der Waals surface area (Å²) in [4.78, 5) is 25.6. The van der Waals surface area contributed by atoms with E-state index in [0.717, 1.165) is 11.1 Å². The van der Waals surface area contributed by atoms with Crippen molar-refractivity contribution >= 4 is 5.91 Å². The second-order valence-corrected chi connectivity index (χ2v) is 7.70. The number of ether oxygens (including phenoxy) is 1. The van der Waals surface area contributed by atoms with Crippen LogP contribution in [0.2, 0.25) is 0 Å². The minimum absolute atomic E-state index is 0.0928. The summed E-state index contributed by atoms with van der Waals surface area (Å²) in [6.45, 7) is 5.05. The van der Waals surface area contributed by atoms with Gasteiger partial charge in [0.05, 0.1) is 12.6 Å². The van der Waals surface area contributed by atoms with Crippen LogP contribution in [0.4, 0.5) is 0 Å². The van der Waals surface area contributed by atoms with Gasteiger partial charge in [-0.25, -0.2) is 4.98 Å². The molecule has 0 radical (unpaired) electrons. The number of amides is 1. The van der Waals surface area contributed by atoms with Crippen LogP contribution in [0, 0.1) is 5.92 Å². The average Bonchev–Trinajstić information content (AvgIpc) is 2.70. The van der Waals surface area contributed by atoms with E-state index in [9.17, 15) is 9.90 Å². The van der Waals surface area contributed by atoms with Crippen molar-refractivity contribution in [3.05, 3.63) is 42.4 Å². The Kier molecular flexibility index (Phi) is 6.26. The lowest BCUT2D eigenvalue weighted by Gasteiger charge is -2.37. The molecule has 0 saturated heterocycles. The summed E-state index contributed by atoms with van der Waals surface area (Å²) in [5.41, 5.74) is 2.18. The van der Waals surface area contributed by atoms with Gasteiger partial charge in [-0.3, -0.25) is 9.78 Å². The van der Waals surface area contributed by atoms with Crippen LogP contribution in [0.3, 0.4) is 0 Å². The van der Waals surface area contributed by atoms with Crippen LogP contribution >= 0.6 is 0 Å². The fourth-order valence-corrected chi connectivity index (χ4v) is 3.38. The van der Waals surface area contributed by atoms with Crippen LogP contribution in [0.1, 0.15) is 24.2 Å². The van der Waals surface area contributed by atoms with Crippen molar-refractivity contribution in [3.8, 4) is 17.0 Å². The highest BCUT2D eigenvalue weighted by atomic mass is 16.5. The minimum Gasteiger partial charge on any atom is -0.472 e. The zero-order valence-corrected chi connectivity index (χ0v) is 16.9. The highest BCUT2D eigenvalue weighted by molar-refractivity contribution is 5.98. The highest BCUT2D eigenvalue weighted by Crippen LogP contribution is 2.30. The summed E-state index contributed by atoms with van der Waals surface area (Å²) >= 11 is 0. The van der Waals surface area contributed by atoms with Crippen LogP contribution in [-0.2, 0) is 0 Å². The lowest BCUT2D eigenvalue weighted by molar-refractivity contribution is 0.0348. The van der Waals surface area contributed by atoms with Gasteiger partial charge in [-0.15, -0.1) is 0 Å². The normalized spacial score (nSPS) is 20.9. The number of pyridine rings is 2. The SMILES string of the molecule is C[C@H](CO)N1C[C@H](C)[C@H](CN(C)C)Oc2ncc(-c3ccncc3)cc2C1=O. The Morgan fingerprint density at radius 1 is 1.32 bits per heavy atom. The molecule has 3 atom stereocenters. The summed E-state index contributed by atoms with van der Waals surface area (Å²) in [6, 6.07) is 5.29. The van der Waals surface area contributed by atoms with Crippen molar-refractivity contribution in [2.75, 3.05) is 33.8 Å². The number of carbonyl (C=O) groups is 1. The summed E-state index contributed by atoms with van der Waals surface area (Å²) in [7, 11) is 3.99. The fraction of sp³-hybridized carbons (Fsp3) is 0.476. The first kappa shape index (κ1) is 20.2. The first-order valence-electron chi connectivity index (χ1n) is 9.54. The van der Waals surface area contributed by atoms with E-state index in [-0.39, 0.29) is 30.6 Å². The third kappa shape index (κ3) is 4.31. The van der Waals surface area contributed by atoms with Crippen molar-refractivity contribution in [3.63, 3.8) is 0 Å². The number of hydrogen-bond acceptors (Lipinski definition) is 6. The van der Waals surface area contributed by atoms with Crippen LogP contribution in [0.15, 0.2) is 36.8 Å². The Balaban J connectivity index is 2.06. The average molecular weight is 384 g/mol. The lowest BCUT2D eigenvalue weighted by Crippen LogP contribution is -2.49. The Hall–Kier alpha value is -2.51. The largest absolute Gasteiger partial charge is 0.472 e. The predicted octanol–water partition coefficient (Wildman–Crippen LogP) is 1.93. The van der Waals surface area contributed by atoms with E-state index in [0.29, 0.717) is 24.5 Å². The highest BCUT2D eigenvalue weighted by Gasteiger charge is 2.33. The van der Waals surface area contributed by atoms with E-state index < -0.39 is 0 Å². The number of carbonyl (C=O) groups excluding carboxylic acids is 1. The van der Waals surface area contributed by atoms with Gasteiger partial charge in [0, 0.05) is 43.2 Å². The molecule has 0 spiro atoms. The first-order chi connectivity index (χ1) is 13.4. The lowest BCUT2D eigenvalue weighted by atomic mass is 9.99. The minimum atomic E-state index is -0.287. The fourth-order valence-electron chi connectivity index (χ4n) is 3.38. The van der Waals surface area contributed by atoms with E-state index >= 15 is 0 Å². The number of nitrogens with zero attached hydrogens (tertiary/aromatic N) is 4. The number of aromatic nitrogens is 2. The Labute approximate surface area is 166 Å². The molecule has 150 valence electrons. The molecule has 0 aliphatic carbocycles. The molecule has 7 nitrogen and oxygen atoms in total. The molecule has 0 unspecified atom stereocenters. The van der Waals surface area contributed by atoms with Crippen molar-refractivity contribution < 1.29 is 14.6 Å². The summed E-state index contributed by atoms with van der Waals surface area (Å²) in [5.74, 6) is 0.265. The maximum absolute atomic E-state index is 13.3. The molecule has 1 amide bonds. The summed E-state index contributed by atoms with van der Waals surface area (Å²) in [5, 5.41) is 9.69. The van der Waals surface area contributed by atoms with Gasteiger partial charge in [-0.1, -0.05) is 6.92 Å². The Morgan fingerprint density at radius 3 is 2.68 bits per heavy atom. The van der Waals surface area contributed by atoms with Gasteiger partial charge in [0.1, 0.15) is 11.7 Å². The van der Waals surface area contributed by atoms with E-state index in [4.69, 9.17) is 4.74 Å². The van der Waals surface area contributed by atoms with E-state index in [1.165, 1.54) is 0 Å². The smallest absolute Gasteiger partial charge is 0.259 e. The number of rotatable bonds is 5. The summed E-state index contributed by atoms with van der Waals surface area (Å²) < 4.78 is 6.21. The van der Waals surface area contributed by atoms with Crippen LogP contribution in [-0.4, -0.2) is 76.7 Å². The van der Waals surface area contributed by atoms with E-state index in [1.807, 2.05) is 39.2 Å². The molecular formula is C21H28N4O3. The van der Waals surface area contributed by atoms with Crippen molar-refractivity contribution in [2.45, 2.75) is 26.0 Å². The molecule has 1 N–H and O–H groups in total. The maximum Gasteiger partial charge on any atom is 0.259 e. The monoisotopic (exact) mass is 384 g/mol. The number of hydrogen-bond donors (Lipinski definition) is 1. The van der Waals surface area contributed by atoms with Crippen LogP contribution in [0.25, 0.3) is 11.1 Å². The Bertz CT molecular complexity index is 813. The number of aliphatic hydroxyl groups is 1. The molecule has 3 rings (SSSR count). The van der Waals surface area contributed by atoms with Crippen molar-refractivity contribution in [1.29, 1.82) is 0 Å². The van der Waals surface area contributed by atoms with E-state index in [2.05, 4.69) is 21.8 Å². The predicted molar refractivity (Wildman–Crippen MR) is 107 cm³/mol. The van der Waals surface area contributed by atoms with Crippen molar-refractivity contribution in [1.82, 2.24) is 19.8 Å². The molecule has 0 saturated carbocycles. The number of fused-ring (bicyclic) bond motifs is 1. The molecule has 1 aliphatic rings. The number of likely N-dealkylation sites (N-methyl/N-ethyl adjacent to an activating group) is 1. The molecule has 0 bridgehead atoms. The quantitative estimate of drug-likeness (QED) is 0.849. The zero-order chi connectivity index (χ0) is 20.3. The molecule has 2 aromatic rings. The van der Waals surface area contributed by atoms with Crippen LogP contribution < -0.4 is 4.74 Å². The van der Waals surface area contributed by atoms with Gasteiger partial charge in [0.25, 0.3) is 5.91 Å². The van der Waals surface area contributed by atoms with Gasteiger partial charge >= 0.3 is 0 Å². The number of aliphatic hydroxyl groups excluding tert-OH is 1. The Morgan fingerprint density at radius 2 is 2.04 bits per heavy atom. The van der Waals surface area contributed by atoms with Crippen LogP contribution in [0.5, 0.6) is 5.88 Å². The van der Waals surface area contributed by atoms with Gasteiger partial charge in [-0.2, -0.15) is 0 Å². The molecule has 1 aliphatic heterocycles. The maximum atomic E-state index is 13.3. The second kappa shape index (κ2) is 8.67. The summed E-state index contributed by atoms with van der Waals surface area (Å²) in [6.07, 6.45) is 5.02. The molecule has 2 aromatic heterocycles.